The van der Waals surface area contributed by atoms with Crippen LogP contribution in [0.3, 0.4) is 0 Å². The van der Waals surface area contributed by atoms with Gasteiger partial charge in [0, 0.05) is 10.8 Å². The van der Waals surface area contributed by atoms with Gasteiger partial charge in [0.2, 0.25) is 0 Å². The zero-order valence-corrected chi connectivity index (χ0v) is 19.0. The molecule has 0 fully saturated rings. The molecule has 5 aromatic rings. The first-order valence-corrected chi connectivity index (χ1v) is 11.4. The van der Waals surface area contributed by atoms with Gasteiger partial charge in [-0.25, -0.2) is 9.78 Å². The molecule has 0 saturated carbocycles. The summed E-state index contributed by atoms with van der Waals surface area (Å²) in [6.45, 7) is -0.0229. The number of fused-ring (bicyclic) bond motifs is 1. The van der Waals surface area contributed by atoms with E-state index in [-0.39, 0.29) is 17.9 Å². The Morgan fingerprint density at radius 1 is 0.941 bits per heavy atom. The van der Waals surface area contributed by atoms with Gasteiger partial charge in [0.25, 0.3) is 5.56 Å². The molecule has 34 heavy (non-hydrogen) atoms. The first kappa shape index (κ1) is 21.5. The summed E-state index contributed by atoms with van der Waals surface area (Å²) in [5.74, 6) is 0.0898. The monoisotopic (exact) mass is 469 g/mol. The SMILES string of the molecule is COc1ccccc1-c1nc(COC(=O)c2nn(-c3ccccc3)c(=O)c3ccccc23)cs1. The first-order chi connectivity index (χ1) is 16.7. The number of rotatable bonds is 6. The molecule has 8 heteroatoms. The highest BCUT2D eigenvalue weighted by molar-refractivity contribution is 7.13. The fourth-order valence-corrected chi connectivity index (χ4v) is 4.44. The van der Waals surface area contributed by atoms with E-state index >= 15 is 0 Å². The summed E-state index contributed by atoms with van der Waals surface area (Å²) >= 11 is 1.44. The van der Waals surface area contributed by atoms with Gasteiger partial charge in [-0.15, -0.1) is 11.3 Å². The first-order valence-electron chi connectivity index (χ1n) is 10.5. The maximum atomic E-state index is 13.1. The Labute approximate surface area is 198 Å². The van der Waals surface area contributed by atoms with Gasteiger partial charge in [-0.3, -0.25) is 4.79 Å². The van der Waals surface area contributed by atoms with E-state index in [1.54, 1.807) is 55.6 Å². The Hall–Kier alpha value is -4.30. The van der Waals surface area contributed by atoms with Crippen molar-refractivity contribution in [1.82, 2.24) is 14.8 Å². The summed E-state index contributed by atoms with van der Waals surface area (Å²) < 4.78 is 12.2. The van der Waals surface area contributed by atoms with Gasteiger partial charge in [-0.1, -0.05) is 48.5 Å². The number of para-hydroxylation sites is 2. The molecule has 168 valence electrons. The fraction of sp³-hybridized carbons (Fsp3) is 0.0769. The fourth-order valence-electron chi connectivity index (χ4n) is 3.61. The molecule has 0 bridgehead atoms. The molecule has 0 radical (unpaired) electrons. The highest BCUT2D eigenvalue weighted by Crippen LogP contribution is 2.32. The van der Waals surface area contributed by atoms with Crippen molar-refractivity contribution in [3.05, 3.63) is 106 Å². The van der Waals surface area contributed by atoms with E-state index in [9.17, 15) is 9.59 Å². The van der Waals surface area contributed by atoms with E-state index < -0.39 is 5.97 Å². The van der Waals surface area contributed by atoms with Gasteiger partial charge in [0.15, 0.2) is 5.69 Å². The lowest BCUT2D eigenvalue weighted by molar-refractivity contribution is 0.0462. The normalized spacial score (nSPS) is 10.9. The number of nitrogens with zero attached hydrogens (tertiary/aromatic N) is 3. The molecular weight excluding hydrogens is 450 g/mol. The van der Waals surface area contributed by atoms with Crippen molar-refractivity contribution in [1.29, 1.82) is 0 Å². The summed E-state index contributed by atoms with van der Waals surface area (Å²) in [5.41, 5.74) is 1.81. The summed E-state index contributed by atoms with van der Waals surface area (Å²) in [6, 6.07) is 23.4. The number of hydrogen-bond acceptors (Lipinski definition) is 7. The highest BCUT2D eigenvalue weighted by atomic mass is 32.1. The van der Waals surface area contributed by atoms with Crippen molar-refractivity contribution < 1.29 is 14.3 Å². The molecule has 5 rings (SSSR count). The van der Waals surface area contributed by atoms with Crippen LogP contribution in [0.25, 0.3) is 27.0 Å². The second kappa shape index (κ2) is 9.29. The number of methoxy groups -OCH3 is 1. The van der Waals surface area contributed by atoms with Crippen LogP contribution in [0, 0.1) is 0 Å². The number of ether oxygens (including phenoxy) is 2. The topological polar surface area (TPSA) is 83.3 Å². The predicted octanol–water partition coefficient (Wildman–Crippen LogP) is 4.87. The highest BCUT2D eigenvalue weighted by Gasteiger charge is 2.19. The van der Waals surface area contributed by atoms with Gasteiger partial charge in [-0.05, 0) is 30.3 Å². The van der Waals surface area contributed by atoms with Crippen molar-refractivity contribution in [2.24, 2.45) is 0 Å². The molecule has 2 heterocycles. The molecule has 3 aromatic carbocycles. The minimum atomic E-state index is -0.632. The number of benzene rings is 3. The van der Waals surface area contributed by atoms with Crippen LogP contribution in [-0.2, 0) is 11.3 Å². The van der Waals surface area contributed by atoms with E-state index in [1.807, 2.05) is 35.7 Å². The maximum Gasteiger partial charge on any atom is 0.359 e. The van der Waals surface area contributed by atoms with Crippen molar-refractivity contribution in [2.75, 3.05) is 7.11 Å². The van der Waals surface area contributed by atoms with Crippen LogP contribution >= 0.6 is 11.3 Å². The molecule has 0 aliphatic heterocycles. The number of carbonyl (C=O) groups is 1. The molecule has 0 aliphatic rings. The third-order valence-corrected chi connectivity index (χ3v) is 6.16. The zero-order chi connectivity index (χ0) is 23.5. The van der Waals surface area contributed by atoms with Crippen LogP contribution in [0.1, 0.15) is 16.2 Å². The molecule has 0 saturated heterocycles. The summed E-state index contributed by atoms with van der Waals surface area (Å²) in [6.07, 6.45) is 0. The van der Waals surface area contributed by atoms with E-state index in [2.05, 4.69) is 10.1 Å². The average Bonchev–Trinajstić information content (AvgIpc) is 3.37. The molecule has 0 N–H and O–H groups in total. The molecule has 0 unspecified atom stereocenters. The van der Waals surface area contributed by atoms with Crippen LogP contribution in [0.2, 0.25) is 0 Å². The van der Waals surface area contributed by atoms with Crippen molar-refractivity contribution >= 4 is 28.1 Å². The van der Waals surface area contributed by atoms with Gasteiger partial charge >= 0.3 is 5.97 Å². The molecule has 0 amide bonds. The van der Waals surface area contributed by atoms with Crippen LogP contribution in [-0.4, -0.2) is 27.8 Å². The average molecular weight is 470 g/mol. The van der Waals surface area contributed by atoms with Gasteiger partial charge < -0.3 is 9.47 Å². The second-order valence-corrected chi connectivity index (χ2v) is 8.23. The number of carbonyl (C=O) groups excluding carboxylic acids is 1. The lowest BCUT2D eigenvalue weighted by Crippen LogP contribution is -2.25. The Kier molecular flexibility index (Phi) is 5.88. The Morgan fingerprint density at radius 3 is 2.44 bits per heavy atom. The smallest absolute Gasteiger partial charge is 0.359 e. The van der Waals surface area contributed by atoms with Crippen LogP contribution < -0.4 is 10.3 Å². The quantitative estimate of drug-likeness (QED) is 0.330. The van der Waals surface area contributed by atoms with Crippen molar-refractivity contribution in [3.63, 3.8) is 0 Å². The number of hydrogen-bond donors (Lipinski definition) is 0. The molecule has 0 aliphatic carbocycles. The number of thiazole rings is 1. The molecule has 7 nitrogen and oxygen atoms in total. The van der Waals surface area contributed by atoms with E-state index in [0.29, 0.717) is 22.2 Å². The Bertz CT molecular complexity index is 1540. The van der Waals surface area contributed by atoms with Crippen molar-refractivity contribution in [3.8, 4) is 22.0 Å². The minimum absolute atomic E-state index is 0.0229. The number of aromatic nitrogens is 3. The van der Waals surface area contributed by atoms with E-state index in [0.717, 1.165) is 16.3 Å². The second-order valence-electron chi connectivity index (χ2n) is 7.37. The number of esters is 1. The molecule has 0 atom stereocenters. The minimum Gasteiger partial charge on any atom is -0.496 e. The Morgan fingerprint density at radius 2 is 1.65 bits per heavy atom. The predicted molar refractivity (Wildman–Crippen MR) is 131 cm³/mol. The third kappa shape index (κ3) is 4.06. The van der Waals surface area contributed by atoms with Gasteiger partial charge in [0.1, 0.15) is 17.4 Å². The zero-order valence-electron chi connectivity index (χ0n) is 18.2. The molecule has 0 spiro atoms. The third-order valence-electron chi connectivity index (χ3n) is 5.24. The maximum absolute atomic E-state index is 13.1. The summed E-state index contributed by atoms with van der Waals surface area (Å²) in [4.78, 5) is 30.6. The Balaban J connectivity index is 1.44. The summed E-state index contributed by atoms with van der Waals surface area (Å²) in [5, 5.41) is 7.79. The van der Waals surface area contributed by atoms with E-state index in [1.165, 1.54) is 16.0 Å². The molecule has 2 aromatic heterocycles. The van der Waals surface area contributed by atoms with Crippen LogP contribution in [0.4, 0.5) is 0 Å². The van der Waals surface area contributed by atoms with E-state index in [4.69, 9.17) is 9.47 Å². The lowest BCUT2D eigenvalue weighted by Gasteiger charge is -2.10. The van der Waals surface area contributed by atoms with Gasteiger partial charge in [-0.2, -0.15) is 9.78 Å². The molecular formula is C26H19N3O4S. The van der Waals surface area contributed by atoms with Crippen molar-refractivity contribution in [2.45, 2.75) is 6.61 Å². The van der Waals surface area contributed by atoms with Crippen LogP contribution in [0.5, 0.6) is 5.75 Å². The van der Waals surface area contributed by atoms with Gasteiger partial charge in [0.05, 0.1) is 29.4 Å². The lowest BCUT2D eigenvalue weighted by atomic mass is 10.1. The summed E-state index contributed by atoms with van der Waals surface area (Å²) in [7, 11) is 1.61. The standard InChI is InChI=1S/C26H19N3O4S/c1-32-22-14-8-7-13-21(22)24-27-17(16-34-24)15-33-26(31)23-19-11-5-6-12-20(19)25(30)29(28-23)18-9-3-2-4-10-18/h2-14,16H,15H2,1H3. The largest absolute Gasteiger partial charge is 0.496 e. The van der Waals surface area contributed by atoms with Crippen LogP contribution in [0.15, 0.2) is 89.0 Å².